The van der Waals surface area contributed by atoms with Crippen LogP contribution in [0.2, 0.25) is 0 Å². The van der Waals surface area contributed by atoms with E-state index in [2.05, 4.69) is 20.6 Å². The zero-order valence-corrected chi connectivity index (χ0v) is 13.2. The first-order valence-corrected chi connectivity index (χ1v) is 8.59. The Morgan fingerprint density at radius 2 is 2.19 bits per heavy atom. The molecule has 0 atom stereocenters. The minimum absolute atomic E-state index is 0.0146. The number of amides is 1. The third-order valence-corrected chi connectivity index (χ3v) is 5.41. The molecule has 1 amide bonds. The zero-order valence-electron chi connectivity index (χ0n) is 11.5. The number of thioether (sulfide) groups is 1. The SMILES string of the molecule is Cc1nnc2sc(SCC(=O)NC3CCCC3)nn2c1=O. The van der Waals surface area contributed by atoms with Gasteiger partial charge in [0.1, 0.15) is 5.69 Å². The second-order valence-corrected chi connectivity index (χ2v) is 7.17. The van der Waals surface area contributed by atoms with Gasteiger partial charge in [-0.1, -0.05) is 35.9 Å². The lowest BCUT2D eigenvalue weighted by Crippen LogP contribution is -2.33. The summed E-state index contributed by atoms with van der Waals surface area (Å²) in [5.41, 5.74) is 0.0480. The molecule has 0 bridgehead atoms. The molecule has 2 aromatic heterocycles. The summed E-state index contributed by atoms with van der Waals surface area (Å²) in [5.74, 6) is 0.318. The lowest BCUT2D eigenvalue weighted by Gasteiger charge is -2.10. The molecule has 0 aromatic carbocycles. The molecule has 1 aliphatic rings. The molecular weight excluding hydrogens is 310 g/mol. The fourth-order valence-corrected chi connectivity index (χ4v) is 3.98. The predicted octanol–water partition coefficient (Wildman–Crippen LogP) is 1.01. The third-order valence-electron chi connectivity index (χ3n) is 3.38. The van der Waals surface area contributed by atoms with Crippen LogP contribution in [0.3, 0.4) is 0 Å². The Kier molecular flexibility index (Phi) is 4.20. The number of carbonyl (C=O) groups is 1. The average molecular weight is 325 g/mol. The Labute approximate surface area is 129 Å². The number of aryl methyl sites for hydroxylation is 1. The van der Waals surface area contributed by atoms with E-state index in [0.717, 1.165) is 12.8 Å². The van der Waals surface area contributed by atoms with Crippen LogP contribution in [0.5, 0.6) is 0 Å². The summed E-state index contributed by atoms with van der Waals surface area (Å²) >= 11 is 2.59. The molecule has 7 nitrogen and oxygen atoms in total. The Balaban J connectivity index is 1.64. The molecule has 112 valence electrons. The van der Waals surface area contributed by atoms with E-state index < -0.39 is 0 Å². The van der Waals surface area contributed by atoms with Crippen LogP contribution in [0.1, 0.15) is 31.4 Å². The molecule has 0 radical (unpaired) electrons. The largest absolute Gasteiger partial charge is 0.353 e. The fraction of sp³-hybridized carbons (Fsp3) is 0.583. The maximum Gasteiger partial charge on any atom is 0.296 e. The van der Waals surface area contributed by atoms with Gasteiger partial charge in [-0.25, -0.2) is 0 Å². The van der Waals surface area contributed by atoms with Gasteiger partial charge in [-0.15, -0.1) is 15.3 Å². The number of aromatic nitrogens is 4. The number of fused-ring (bicyclic) bond motifs is 1. The van der Waals surface area contributed by atoms with E-state index >= 15 is 0 Å². The van der Waals surface area contributed by atoms with Crippen molar-refractivity contribution in [3.63, 3.8) is 0 Å². The van der Waals surface area contributed by atoms with Crippen LogP contribution in [0.15, 0.2) is 9.13 Å². The number of carbonyl (C=O) groups excluding carboxylic acids is 1. The molecule has 3 rings (SSSR count). The van der Waals surface area contributed by atoms with Crippen molar-refractivity contribution in [2.24, 2.45) is 0 Å². The summed E-state index contributed by atoms with van der Waals surface area (Å²) < 4.78 is 1.89. The summed E-state index contributed by atoms with van der Waals surface area (Å²) in [6.45, 7) is 1.60. The van der Waals surface area contributed by atoms with Crippen molar-refractivity contribution < 1.29 is 4.79 Å². The van der Waals surface area contributed by atoms with Crippen LogP contribution in [0.25, 0.3) is 4.96 Å². The lowest BCUT2D eigenvalue weighted by atomic mass is 10.2. The number of nitrogens with zero attached hydrogens (tertiary/aromatic N) is 4. The van der Waals surface area contributed by atoms with Gasteiger partial charge < -0.3 is 5.32 Å². The van der Waals surface area contributed by atoms with Crippen molar-refractivity contribution in [3.8, 4) is 0 Å². The molecular formula is C12H15N5O2S2. The van der Waals surface area contributed by atoms with Crippen LogP contribution in [0.4, 0.5) is 0 Å². The maximum absolute atomic E-state index is 11.9. The van der Waals surface area contributed by atoms with Crippen molar-refractivity contribution in [1.82, 2.24) is 25.1 Å². The van der Waals surface area contributed by atoms with E-state index in [1.807, 2.05) is 0 Å². The highest BCUT2D eigenvalue weighted by Gasteiger charge is 2.17. The van der Waals surface area contributed by atoms with Gasteiger partial charge >= 0.3 is 0 Å². The molecule has 1 fully saturated rings. The van der Waals surface area contributed by atoms with Crippen molar-refractivity contribution in [3.05, 3.63) is 16.0 Å². The van der Waals surface area contributed by atoms with E-state index in [-0.39, 0.29) is 11.5 Å². The smallest absolute Gasteiger partial charge is 0.296 e. The molecule has 0 saturated heterocycles. The third kappa shape index (κ3) is 3.24. The monoisotopic (exact) mass is 325 g/mol. The van der Waals surface area contributed by atoms with Gasteiger partial charge in [-0.3, -0.25) is 9.59 Å². The normalized spacial score (nSPS) is 15.7. The van der Waals surface area contributed by atoms with Crippen LogP contribution < -0.4 is 10.9 Å². The van der Waals surface area contributed by atoms with E-state index in [0.29, 0.717) is 26.8 Å². The molecule has 1 aliphatic carbocycles. The molecule has 0 aliphatic heterocycles. The van der Waals surface area contributed by atoms with Crippen molar-refractivity contribution >= 4 is 34.0 Å². The van der Waals surface area contributed by atoms with Crippen molar-refractivity contribution in [2.45, 2.75) is 43.0 Å². The second-order valence-electron chi connectivity index (χ2n) is 4.99. The summed E-state index contributed by atoms with van der Waals surface area (Å²) in [6, 6.07) is 0.324. The quantitative estimate of drug-likeness (QED) is 0.844. The summed E-state index contributed by atoms with van der Waals surface area (Å²) in [6.07, 6.45) is 4.53. The first-order chi connectivity index (χ1) is 10.1. The Bertz CT molecular complexity index is 720. The van der Waals surface area contributed by atoms with Gasteiger partial charge in [-0.2, -0.15) is 4.52 Å². The van der Waals surface area contributed by atoms with E-state index in [1.54, 1.807) is 6.92 Å². The van der Waals surface area contributed by atoms with Gasteiger partial charge in [0.15, 0.2) is 4.34 Å². The van der Waals surface area contributed by atoms with E-state index in [9.17, 15) is 9.59 Å². The predicted molar refractivity (Wildman–Crippen MR) is 80.8 cm³/mol. The molecule has 2 heterocycles. The summed E-state index contributed by atoms with van der Waals surface area (Å²) in [7, 11) is 0. The Morgan fingerprint density at radius 1 is 1.43 bits per heavy atom. The fourth-order valence-electron chi connectivity index (χ4n) is 2.30. The highest BCUT2D eigenvalue weighted by atomic mass is 32.2. The molecule has 9 heteroatoms. The number of rotatable bonds is 4. The summed E-state index contributed by atoms with van der Waals surface area (Å²) in [4.78, 5) is 24.1. The topological polar surface area (TPSA) is 89.2 Å². The van der Waals surface area contributed by atoms with Crippen LogP contribution >= 0.6 is 23.1 Å². The zero-order chi connectivity index (χ0) is 14.8. The standard InChI is InChI=1S/C12H15N5O2S2/c1-7-10(19)17-11(15-14-7)21-12(16-17)20-6-9(18)13-8-4-2-3-5-8/h8H,2-6H2,1H3,(H,13,18). The van der Waals surface area contributed by atoms with Gasteiger partial charge in [0.05, 0.1) is 5.75 Å². The Morgan fingerprint density at radius 3 is 2.95 bits per heavy atom. The Hall–Kier alpha value is -1.48. The van der Waals surface area contributed by atoms with Gasteiger partial charge in [0.2, 0.25) is 10.9 Å². The molecule has 21 heavy (non-hydrogen) atoms. The first kappa shape index (κ1) is 14.5. The van der Waals surface area contributed by atoms with Gasteiger partial charge in [0, 0.05) is 6.04 Å². The van der Waals surface area contributed by atoms with Crippen molar-refractivity contribution in [2.75, 3.05) is 5.75 Å². The van der Waals surface area contributed by atoms with Gasteiger partial charge in [-0.05, 0) is 19.8 Å². The second kappa shape index (κ2) is 6.10. The molecule has 0 unspecified atom stereocenters. The number of hydrogen-bond acceptors (Lipinski definition) is 7. The van der Waals surface area contributed by atoms with Crippen LogP contribution in [-0.4, -0.2) is 37.5 Å². The lowest BCUT2D eigenvalue weighted by molar-refractivity contribution is -0.119. The van der Waals surface area contributed by atoms with E-state index in [1.165, 1.54) is 40.5 Å². The van der Waals surface area contributed by atoms with E-state index in [4.69, 9.17) is 0 Å². The first-order valence-electron chi connectivity index (χ1n) is 6.79. The molecule has 1 saturated carbocycles. The molecule has 0 spiro atoms. The van der Waals surface area contributed by atoms with Crippen LogP contribution in [0, 0.1) is 6.92 Å². The highest BCUT2D eigenvalue weighted by Crippen LogP contribution is 2.23. The molecule has 1 N–H and O–H groups in total. The van der Waals surface area contributed by atoms with Gasteiger partial charge in [0.25, 0.3) is 5.56 Å². The minimum Gasteiger partial charge on any atom is -0.353 e. The maximum atomic E-state index is 11.9. The number of nitrogens with one attached hydrogen (secondary N) is 1. The minimum atomic E-state index is -0.265. The van der Waals surface area contributed by atoms with Crippen LogP contribution in [-0.2, 0) is 4.79 Å². The average Bonchev–Trinajstić information content (AvgIpc) is 3.10. The van der Waals surface area contributed by atoms with Crippen molar-refractivity contribution in [1.29, 1.82) is 0 Å². The number of hydrogen-bond donors (Lipinski definition) is 1. The summed E-state index contributed by atoms with van der Waals surface area (Å²) in [5, 5.41) is 14.9. The molecule has 2 aromatic rings. The highest BCUT2D eigenvalue weighted by molar-refractivity contribution is 8.01.